The first kappa shape index (κ1) is 16.8. The van der Waals surface area contributed by atoms with Gasteiger partial charge in [0.1, 0.15) is 0 Å². The fraction of sp³-hybridized carbons (Fsp3) is 0.333. The van der Waals surface area contributed by atoms with Gasteiger partial charge < -0.3 is 9.69 Å². The van der Waals surface area contributed by atoms with E-state index in [0.29, 0.717) is 0 Å². The average Bonchev–Trinajstić information content (AvgIpc) is 2.61. The molecule has 0 amide bonds. The first-order chi connectivity index (χ1) is 11.3. The van der Waals surface area contributed by atoms with E-state index in [2.05, 4.69) is 34.0 Å². The number of rotatable bonds is 8. The molecule has 2 rings (SSSR count). The average molecular weight is 302 g/mol. The molecule has 23 heavy (non-hydrogen) atoms. The molecule has 2 nitrogen and oxygen atoms in total. The van der Waals surface area contributed by atoms with E-state index >= 15 is 0 Å². The Bertz CT molecular complexity index is 590. The van der Waals surface area contributed by atoms with E-state index in [9.17, 15) is 0 Å². The summed E-state index contributed by atoms with van der Waals surface area (Å²) in [5, 5.41) is 0. The van der Waals surface area contributed by atoms with Crippen molar-refractivity contribution in [3.63, 3.8) is 0 Å². The lowest BCUT2D eigenvalue weighted by Crippen LogP contribution is -2.10. The van der Waals surface area contributed by atoms with Crippen molar-refractivity contribution in [1.82, 2.24) is 0 Å². The Kier molecular flexibility index (Phi) is 6.89. The lowest BCUT2D eigenvalue weighted by atomic mass is 9.97. The van der Waals surface area contributed by atoms with Crippen LogP contribution in [0.3, 0.4) is 0 Å². The maximum atomic E-state index is 7.38. The van der Waals surface area contributed by atoms with Crippen molar-refractivity contribution < 1.29 is 0 Å². The van der Waals surface area contributed by atoms with Crippen molar-refractivity contribution in [2.75, 3.05) is 0 Å². The van der Waals surface area contributed by atoms with E-state index < -0.39 is 0 Å². The van der Waals surface area contributed by atoms with Gasteiger partial charge in [-0.2, -0.15) is 0 Å². The van der Waals surface area contributed by atoms with Crippen LogP contribution in [-0.4, -0.2) is 12.1 Å². The Labute approximate surface area is 139 Å². The number of nitrogens with zero attached hydrogens (tertiary/aromatic N) is 2. The molecule has 2 heteroatoms. The van der Waals surface area contributed by atoms with Gasteiger partial charge in [0, 0.05) is 25.7 Å². The molecule has 0 radical (unpaired) electrons. The molecule has 0 aromatic heterocycles. The van der Waals surface area contributed by atoms with Crippen molar-refractivity contribution in [1.29, 1.82) is 0 Å². The quantitative estimate of drug-likeness (QED) is 0.591. The van der Waals surface area contributed by atoms with E-state index in [0.717, 1.165) is 32.1 Å². The van der Waals surface area contributed by atoms with E-state index in [1.165, 1.54) is 11.1 Å². The highest BCUT2D eigenvalue weighted by Crippen LogP contribution is 2.16. The summed E-state index contributed by atoms with van der Waals surface area (Å²) in [6.45, 7) is 14.8. The molecule has 2 aromatic rings. The van der Waals surface area contributed by atoms with Gasteiger partial charge in [-0.1, -0.05) is 60.7 Å². The Morgan fingerprint density at radius 2 is 1.04 bits per heavy atom. The molecule has 0 aliphatic carbocycles. The summed E-state index contributed by atoms with van der Waals surface area (Å²) in [6.07, 6.45) is 4.32. The van der Waals surface area contributed by atoms with Crippen molar-refractivity contribution in [3.05, 3.63) is 94.6 Å². The normalized spacial score (nSPS) is 12.8. The Hall–Kier alpha value is -2.58. The SMILES string of the molecule is [C-]#[N+]C(CCCC(Cc1ccccc1)[N+]#[C-])Cc1ccccc1. The maximum Gasteiger partial charge on any atom is 0.227 e. The summed E-state index contributed by atoms with van der Waals surface area (Å²) >= 11 is 0. The van der Waals surface area contributed by atoms with Gasteiger partial charge in [-0.05, 0) is 17.5 Å². The van der Waals surface area contributed by atoms with Gasteiger partial charge in [-0.25, -0.2) is 13.1 Å². The van der Waals surface area contributed by atoms with Crippen LogP contribution >= 0.6 is 0 Å². The summed E-state index contributed by atoms with van der Waals surface area (Å²) in [5.74, 6) is 0. The summed E-state index contributed by atoms with van der Waals surface area (Å²) in [7, 11) is 0. The number of benzene rings is 2. The van der Waals surface area contributed by atoms with E-state index in [1.54, 1.807) is 0 Å². The molecule has 0 fully saturated rings. The summed E-state index contributed by atoms with van der Waals surface area (Å²) < 4.78 is 0. The smallest absolute Gasteiger partial charge is 0.227 e. The van der Waals surface area contributed by atoms with Crippen molar-refractivity contribution in [3.8, 4) is 0 Å². The van der Waals surface area contributed by atoms with Crippen molar-refractivity contribution >= 4 is 0 Å². The number of hydrogen-bond acceptors (Lipinski definition) is 0. The second-order valence-electron chi connectivity index (χ2n) is 5.88. The van der Waals surface area contributed by atoms with Gasteiger partial charge in [-0.3, -0.25) is 0 Å². The van der Waals surface area contributed by atoms with Crippen LogP contribution in [0.5, 0.6) is 0 Å². The molecular weight excluding hydrogens is 280 g/mol. The monoisotopic (exact) mass is 302 g/mol. The molecule has 0 aliphatic rings. The Balaban J connectivity index is 1.78. The van der Waals surface area contributed by atoms with Gasteiger partial charge in [0.05, 0.1) is 0 Å². The minimum absolute atomic E-state index is 0.0282. The Morgan fingerprint density at radius 3 is 1.39 bits per heavy atom. The summed E-state index contributed by atoms with van der Waals surface area (Å²) in [5.41, 5.74) is 2.44. The molecular formula is C21H22N2. The topological polar surface area (TPSA) is 8.72 Å². The molecule has 2 unspecified atom stereocenters. The summed E-state index contributed by atoms with van der Waals surface area (Å²) in [6, 6.07) is 20.4. The fourth-order valence-corrected chi connectivity index (χ4v) is 2.79. The van der Waals surface area contributed by atoms with Crippen molar-refractivity contribution in [2.45, 2.75) is 44.2 Å². The molecule has 116 valence electrons. The molecule has 0 saturated heterocycles. The highest BCUT2D eigenvalue weighted by Gasteiger charge is 2.17. The lowest BCUT2D eigenvalue weighted by molar-refractivity contribution is 0.573. The van der Waals surface area contributed by atoms with Gasteiger partial charge in [0.2, 0.25) is 12.1 Å². The lowest BCUT2D eigenvalue weighted by Gasteiger charge is -2.08. The van der Waals surface area contributed by atoms with Crippen molar-refractivity contribution in [2.24, 2.45) is 0 Å². The maximum absolute atomic E-state index is 7.38. The minimum Gasteiger partial charge on any atom is -0.313 e. The molecule has 0 saturated carbocycles. The zero-order valence-electron chi connectivity index (χ0n) is 13.4. The fourth-order valence-electron chi connectivity index (χ4n) is 2.79. The van der Waals surface area contributed by atoms with Crippen LogP contribution in [0, 0.1) is 13.1 Å². The van der Waals surface area contributed by atoms with Crippen LogP contribution < -0.4 is 0 Å². The third-order valence-electron chi connectivity index (χ3n) is 4.07. The van der Waals surface area contributed by atoms with Gasteiger partial charge in [-0.15, -0.1) is 0 Å². The molecule has 0 heterocycles. The van der Waals surface area contributed by atoms with E-state index in [-0.39, 0.29) is 12.1 Å². The van der Waals surface area contributed by atoms with Gasteiger partial charge in [0.25, 0.3) is 0 Å². The zero-order valence-corrected chi connectivity index (χ0v) is 13.4. The summed E-state index contributed by atoms with van der Waals surface area (Å²) in [4.78, 5) is 7.52. The molecule has 0 N–H and O–H groups in total. The number of hydrogen-bond donors (Lipinski definition) is 0. The second kappa shape index (κ2) is 9.44. The first-order valence-electron chi connectivity index (χ1n) is 8.13. The third kappa shape index (κ3) is 5.97. The van der Waals surface area contributed by atoms with Crippen LogP contribution in [0.25, 0.3) is 9.69 Å². The minimum atomic E-state index is 0.0282. The predicted molar refractivity (Wildman–Crippen MR) is 94.9 cm³/mol. The van der Waals surface area contributed by atoms with Gasteiger partial charge in [0.15, 0.2) is 0 Å². The van der Waals surface area contributed by atoms with E-state index in [4.69, 9.17) is 13.1 Å². The Morgan fingerprint density at radius 1 is 0.652 bits per heavy atom. The second-order valence-corrected chi connectivity index (χ2v) is 5.88. The zero-order chi connectivity index (χ0) is 16.3. The van der Waals surface area contributed by atoms with E-state index in [1.807, 2.05) is 36.4 Å². The van der Waals surface area contributed by atoms with Crippen LogP contribution in [-0.2, 0) is 12.8 Å². The molecule has 0 bridgehead atoms. The molecule has 0 spiro atoms. The highest BCUT2D eigenvalue weighted by molar-refractivity contribution is 5.17. The molecule has 0 aliphatic heterocycles. The van der Waals surface area contributed by atoms with Gasteiger partial charge >= 0.3 is 0 Å². The molecule has 2 aromatic carbocycles. The van der Waals surface area contributed by atoms with Crippen LogP contribution in [0.4, 0.5) is 0 Å². The standard InChI is InChI=1S/C21H22N2/c1-22-20(16-18-10-5-3-6-11-18)14-9-15-21(23-2)17-19-12-7-4-8-13-19/h3-8,10-13,20-21H,9,14-17H2. The van der Waals surface area contributed by atoms with Crippen LogP contribution in [0.15, 0.2) is 60.7 Å². The third-order valence-corrected chi connectivity index (χ3v) is 4.07. The molecule has 2 atom stereocenters. The predicted octanol–water partition coefficient (Wildman–Crippen LogP) is 5.22. The highest BCUT2D eigenvalue weighted by atomic mass is 14.7. The van der Waals surface area contributed by atoms with Crippen LogP contribution in [0.2, 0.25) is 0 Å². The first-order valence-corrected chi connectivity index (χ1v) is 8.13. The largest absolute Gasteiger partial charge is 0.313 e. The van der Waals surface area contributed by atoms with Crippen LogP contribution in [0.1, 0.15) is 30.4 Å².